The van der Waals surface area contributed by atoms with Crippen LogP contribution < -0.4 is 0 Å². The Kier molecular flexibility index (Phi) is 8.12. The molecule has 0 aliphatic heterocycles. The van der Waals surface area contributed by atoms with E-state index in [0.717, 1.165) is 83.1 Å². The van der Waals surface area contributed by atoms with Gasteiger partial charge in [0.2, 0.25) is 0 Å². The molecule has 0 fully saturated rings. The molecule has 0 amide bonds. The Hall–Kier alpha value is -7.43. The zero-order valence-corrected chi connectivity index (χ0v) is 29.8. The Morgan fingerprint density at radius 1 is 0.255 bits per heavy atom. The monoisotopic (exact) mass is 703 g/mol. The molecule has 10 aromatic rings. The summed E-state index contributed by atoms with van der Waals surface area (Å²) in [7, 11) is 0. The van der Waals surface area contributed by atoms with Gasteiger partial charge >= 0.3 is 0 Å². The van der Waals surface area contributed by atoms with Gasteiger partial charge < -0.3 is 4.42 Å². The van der Waals surface area contributed by atoms with Crippen LogP contribution in [0.5, 0.6) is 0 Å². The molecule has 4 heteroatoms. The molecule has 0 aliphatic rings. The van der Waals surface area contributed by atoms with Crippen LogP contribution in [0.3, 0.4) is 0 Å². The first kappa shape index (κ1) is 32.2. The smallest absolute Gasteiger partial charge is 0.167 e. The summed E-state index contributed by atoms with van der Waals surface area (Å²) in [4.78, 5) is 15.5. The van der Waals surface area contributed by atoms with Gasteiger partial charge in [-0.25, -0.2) is 15.0 Å². The van der Waals surface area contributed by atoms with Crippen molar-refractivity contribution >= 4 is 21.9 Å². The molecular weight excluding hydrogens is 671 g/mol. The fraction of sp³-hybridized carbons (Fsp3) is 0. The van der Waals surface area contributed by atoms with Crippen molar-refractivity contribution in [1.29, 1.82) is 0 Å². The van der Waals surface area contributed by atoms with Crippen LogP contribution in [0.2, 0.25) is 0 Å². The molecule has 258 valence electrons. The molecule has 2 heterocycles. The predicted octanol–water partition coefficient (Wildman–Crippen LogP) is 13.4. The Labute approximate surface area is 319 Å². The number of para-hydroxylation sites is 1. The average Bonchev–Trinajstić information content (AvgIpc) is 3.67. The summed E-state index contributed by atoms with van der Waals surface area (Å²) >= 11 is 0. The van der Waals surface area contributed by atoms with Crippen molar-refractivity contribution in [2.24, 2.45) is 0 Å². The van der Waals surface area contributed by atoms with Crippen molar-refractivity contribution in [3.63, 3.8) is 0 Å². The second-order valence-corrected chi connectivity index (χ2v) is 13.6. The van der Waals surface area contributed by atoms with E-state index in [9.17, 15) is 0 Å². The summed E-state index contributed by atoms with van der Waals surface area (Å²) in [6.07, 6.45) is 0. The van der Waals surface area contributed by atoms with E-state index in [-0.39, 0.29) is 0 Å². The van der Waals surface area contributed by atoms with Crippen LogP contribution >= 0.6 is 0 Å². The number of fused-ring (bicyclic) bond motifs is 3. The Balaban J connectivity index is 1.19. The van der Waals surface area contributed by atoms with Gasteiger partial charge in [-0.1, -0.05) is 194 Å². The van der Waals surface area contributed by atoms with E-state index in [1.807, 2.05) is 24.3 Å². The molecule has 0 atom stereocenters. The van der Waals surface area contributed by atoms with Crippen molar-refractivity contribution in [3.8, 4) is 78.7 Å². The molecule has 55 heavy (non-hydrogen) atoms. The topological polar surface area (TPSA) is 51.8 Å². The van der Waals surface area contributed by atoms with Crippen LogP contribution in [0.4, 0.5) is 0 Å². The third-order valence-corrected chi connectivity index (χ3v) is 10.2. The summed E-state index contributed by atoms with van der Waals surface area (Å²) in [5.74, 6) is 1.73. The molecule has 0 bridgehead atoms. The maximum absolute atomic E-state index is 7.01. The van der Waals surface area contributed by atoms with E-state index in [2.05, 4.69) is 176 Å². The van der Waals surface area contributed by atoms with Gasteiger partial charge in [0.1, 0.15) is 11.2 Å². The van der Waals surface area contributed by atoms with Crippen molar-refractivity contribution in [3.05, 3.63) is 200 Å². The third-order valence-electron chi connectivity index (χ3n) is 10.2. The second-order valence-electron chi connectivity index (χ2n) is 13.6. The van der Waals surface area contributed by atoms with Gasteiger partial charge in [0.05, 0.1) is 5.56 Å². The van der Waals surface area contributed by atoms with Crippen LogP contribution in [0.15, 0.2) is 205 Å². The fourth-order valence-corrected chi connectivity index (χ4v) is 7.42. The second kappa shape index (κ2) is 13.8. The highest BCUT2D eigenvalue weighted by molar-refractivity contribution is 6.18. The minimum Gasteiger partial charge on any atom is -0.455 e. The van der Waals surface area contributed by atoms with Crippen molar-refractivity contribution in [1.82, 2.24) is 15.0 Å². The lowest BCUT2D eigenvalue weighted by Gasteiger charge is -2.11. The normalized spacial score (nSPS) is 11.3. The first-order valence-corrected chi connectivity index (χ1v) is 18.4. The molecular formula is C51H33N3O. The minimum atomic E-state index is 0.546. The van der Waals surface area contributed by atoms with Crippen LogP contribution in [-0.4, -0.2) is 15.0 Å². The summed E-state index contributed by atoms with van der Waals surface area (Å²) in [6.45, 7) is 0. The van der Waals surface area contributed by atoms with E-state index in [4.69, 9.17) is 19.4 Å². The maximum Gasteiger partial charge on any atom is 0.167 e. The van der Waals surface area contributed by atoms with Crippen LogP contribution in [0.25, 0.3) is 101 Å². The van der Waals surface area contributed by atoms with Gasteiger partial charge in [0.15, 0.2) is 17.5 Å². The quantitative estimate of drug-likeness (QED) is 0.166. The molecule has 10 rings (SSSR count). The molecule has 0 spiro atoms. The van der Waals surface area contributed by atoms with E-state index in [1.165, 1.54) is 0 Å². The lowest BCUT2D eigenvalue weighted by Crippen LogP contribution is -2.00. The standard InChI is InChI=1S/C51H33N3O/c1-5-14-34(15-6-1)36-24-28-40(29-25-36)49-52-50(41-30-26-37(27-31-41)35-16-7-2-8-17-35)54-51(53-49)45-33-32-42(38-18-9-3-10-19-38)46-44-23-13-22-43(47(44)55-48(45)46)39-20-11-4-12-21-39/h1-33H. The molecule has 0 unspecified atom stereocenters. The largest absolute Gasteiger partial charge is 0.455 e. The van der Waals surface area contributed by atoms with Gasteiger partial charge in [-0.05, 0) is 45.0 Å². The zero-order chi connectivity index (χ0) is 36.6. The van der Waals surface area contributed by atoms with E-state index < -0.39 is 0 Å². The van der Waals surface area contributed by atoms with Gasteiger partial charge in [0.25, 0.3) is 0 Å². The SMILES string of the molecule is c1ccc(-c2ccc(-c3nc(-c4ccc(-c5ccccc5)cc4)nc(-c4ccc(-c5ccccc5)c5c4oc4c(-c6ccccc6)cccc45)n3)cc2)cc1. The van der Waals surface area contributed by atoms with Crippen LogP contribution in [0, 0.1) is 0 Å². The van der Waals surface area contributed by atoms with Gasteiger partial charge in [0, 0.05) is 27.5 Å². The lowest BCUT2D eigenvalue weighted by molar-refractivity contribution is 0.670. The molecule has 0 aliphatic carbocycles. The number of hydrogen-bond acceptors (Lipinski definition) is 4. The number of nitrogens with zero attached hydrogens (tertiary/aromatic N) is 3. The van der Waals surface area contributed by atoms with Gasteiger partial charge in [-0.15, -0.1) is 0 Å². The third kappa shape index (κ3) is 6.06. The first-order chi connectivity index (χ1) is 27.3. The molecule has 4 nitrogen and oxygen atoms in total. The highest BCUT2D eigenvalue weighted by Gasteiger charge is 2.22. The maximum atomic E-state index is 7.01. The highest BCUT2D eigenvalue weighted by Crippen LogP contribution is 2.44. The van der Waals surface area contributed by atoms with Crippen LogP contribution in [-0.2, 0) is 0 Å². The van der Waals surface area contributed by atoms with E-state index in [1.54, 1.807) is 0 Å². The van der Waals surface area contributed by atoms with Crippen molar-refractivity contribution in [2.75, 3.05) is 0 Å². The molecule has 0 N–H and O–H groups in total. The minimum absolute atomic E-state index is 0.546. The first-order valence-electron chi connectivity index (χ1n) is 18.4. The number of rotatable bonds is 7. The molecule has 0 saturated heterocycles. The average molecular weight is 704 g/mol. The fourth-order valence-electron chi connectivity index (χ4n) is 7.42. The van der Waals surface area contributed by atoms with Gasteiger partial charge in [-0.2, -0.15) is 0 Å². The molecule has 2 aromatic heterocycles. The molecule has 8 aromatic carbocycles. The number of furan rings is 1. The van der Waals surface area contributed by atoms with Crippen molar-refractivity contribution in [2.45, 2.75) is 0 Å². The predicted molar refractivity (Wildman–Crippen MR) is 225 cm³/mol. The summed E-state index contributed by atoms with van der Waals surface area (Å²) < 4.78 is 7.01. The van der Waals surface area contributed by atoms with E-state index >= 15 is 0 Å². The summed E-state index contributed by atoms with van der Waals surface area (Å²) in [5, 5.41) is 2.07. The Bertz CT molecular complexity index is 2820. The van der Waals surface area contributed by atoms with Crippen LogP contribution in [0.1, 0.15) is 0 Å². The van der Waals surface area contributed by atoms with Crippen molar-refractivity contribution < 1.29 is 4.42 Å². The number of aromatic nitrogens is 3. The zero-order valence-electron chi connectivity index (χ0n) is 29.8. The number of hydrogen-bond donors (Lipinski definition) is 0. The Morgan fingerprint density at radius 2 is 0.655 bits per heavy atom. The van der Waals surface area contributed by atoms with E-state index in [0.29, 0.717) is 17.5 Å². The number of benzene rings is 8. The summed E-state index contributed by atoms with van der Waals surface area (Å²) in [6, 6.07) is 69.2. The lowest BCUT2D eigenvalue weighted by atomic mass is 9.95. The molecule has 0 radical (unpaired) electrons. The van der Waals surface area contributed by atoms with Gasteiger partial charge in [-0.3, -0.25) is 0 Å². The Morgan fingerprint density at radius 3 is 1.16 bits per heavy atom. The molecule has 0 saturated carbocycles. The summed E-state index contributed by atoms with van der Waals surface area (Å²) in [5.41, 5.74) is 13.1. The highest BCUT2D eigenvalue weighted by atomic mass is 16.3.